The van der Waals surface area contributed by atoms with Gasteiger partial charge in [0.15, 0.2) is 5.69 Å². The van der Waals surface area contributed by atoms with E-state index in [4.69, 9.17) is 5.11 Å². The number of nitrogens with zero attached hydrogens (tertiary/aromatic N) is 2. The summed E-state index contributed by atoms with van der Waals surface area (Å²) in [4.78, 5) is 10.9. The number of halogens is 1. The molecular formula is C9H7BrN2O2. The van der Waals surface area contributed by atoms with Crippen molar-refractivity contribution in [3.63, 3.8) is 0 Å². The van der Waals surface area contributed by atoms with E-state index in [9.17, 15) is 4.79 Å². The van der Waals surface area contributed by atoms with Crippen LogP contribution in [0.5, 0.6) is 0 Å². The summed E-state index contributed by atoms with van der Waals surface area (Å²) >= 11 is 3.31. The fourth-order valence-corrected chi connectivity index (χ4v) is 1.78. The molecule has 0 aliphatic rings. The Morgan fingerprint density at radius 3 is 2.93 bits per heavy atom. The number of carboxylic acids is 1. The molecule has 1 heterocycles. The second-order valence-electron chi connectivity index (χ2n) is 2.94. The summed E-state index contributed by atoms with van der Waals surface area (Å²) in [5.41, 5.74) is 0.895. The summed E-state index contributed by atoms with van der Waals surface area (Å²) in [5, 5.41) is 13.7. The van der Waals surface area contributed by atoms with Gasteiger partial charge in [-0.1, -0.05) is 15.9 Å². The Hall–Kier alpha value is -1.36. The molecule has 4 nitrogen and oxygen atoms in total. The highest BCUT2D eigenvalue weighted by atomic mass is 79.9. The second-order valence-corrected chi connectivity index (χ2v) is 3.85. The topological polar surface area (TPSA) is 55.1 Å². The lowest BCUT2D eigenvalue weighted by atomic mass is 10.2. The first-order chi connectivity index (χ1) is 6.59. The molecule has 0 aliphatic heterocycles. The highest BCUT2D eigenvalue weighted by molar-refractivity contribution is 9.10. The lowest BCUT2D eigenvalue weighted by molar-refractivity contribution is 0.0687. The lowest BCUT2D eigenvalue weighted by Gasteiger charge is -1.94. The summed E-state index contributed by atoms with van der Waals surface area (Å²) in [6.45, 7) is 0. The number of aromatic carboxylic acids is 1. The number of carboxylic acid groups (broad SMARTS) is 1. The van der Waals surface area contributed by atoms with E-state index in [-0.39, 0.29) is 5.69 Å². The van der Waals surface area contributed by atoms with Crippen LogP contribution in [0.25, 0.3) is 10.9 Å². The minimum Gasteiger partial charge on any atom is -0.477 e. The molecule has 5 heteroatoms. The lowest BCUT2D eigenvalue weighted by Crippen LogP contribution is -2.05. The van der Waals surface area contributed by atoms with Crippen LogP contribution in [0.2, 0.25) is 0 Å². The van der Waals surface area contributed by atoms with Gasteiger partial charge in [-0.15, -0.1) is 0 Å². The molecule has 2 rings (SSSR count). The van der Waals surface area contributed by atoms with Crippen molar-refractivity contribution < 1.29 is 9.90 Å². The van der Waals surface area contributed by atoms with Crippen LogP contribution in [-0.2, 0) is 7.05 Å². The summed E-state index contributed by atoms with van der Waals surface area (Å²) in [7, 11) is 1.62. The number of rotatable bonds is 1. The van der Waals surface area contributed by atoms with Gasteiger partial charge in [0.2, 0.25) is 0 Å². The molecule has 72 valence electrons. The Morgan fingerprint density at radius 2 is 2.29 bits per heavy atom. The van der Waals surface area contributed by atoms with Gasteiger partial charge >= 0.3 is 5.97 Å². The predicted molar refractivity (Wildman–Crippen MR) is 55.4 cm³/mol. The standard InChI is InChI=1S/C9H7BrN2O2/c1-12-8(9(13)14)6-3-2-5(10)4-7(6)11-12/h2-4H,1H3,(H,13,14). The average molecular weight is 255 g/mol. The van der Waals surface area contributed by atoms with Crippen LogP contribution in [0.15, 0.2) is 22.7 Å². The Balaban J connectivity index is 2.84. The molecule has 1 aromatic heterocycles. The summed E-state index contributed by atoms with van der Waals surface area (Å²) < 4.78 is 2.26. The Bertz CT molecular complexity index is 519. The number of hydrogen-bond donors (Lipinski definition) is 1. The van der Waals surface area contributed by atoms with Crippen molar-refractivity contribution >= 4 is 32.8 Å². The minimum absolute atomic E-state index is 0.215. The number of hydrogen-bond acceptors (Lipinski definition) is 2. The maximum absolute atomic E-state index is 10.9. The molecule has 0 atom stereocenters. The predicted octanol–water partition coefficient (Wildman–Crippen LogP) is 2.03. The number of aryl methyl sites for hydroxylation is 1. The first kappa shape index (κ1) is 9.21. The second kappa shape index (κ2) is 3.09. The molecule has 0 amide bonds. The maximum atomic E-state index is 10.9. The van der Waals surface area contributed by atoms with Crippen molar-refractivity contribution in [2.75, 3.05) is 0 Å². The molecular weight excluding hydrogens is 248 g/mol. The van der Waals surface area contributed by atoms with Gasteiger partial charge in [0.25, 0.3) is 0 Å². The molecule has 14 heavy (non-hydrogen) atoms. The molecule has 0 saturated carbocycles. The first-order valence-corrected chi connectivity index (χ1v) is 4.74. The van der Waals surface area contributed by atoms with E-state index in [0.29, 0.717) is 10.9 Å². The number of fused-ring (bicyclic) bond motifs is 1. The van der Waals surface area contributed by atoms with Gasteiger partial charge < -0.3 is 5.11 Å². The monoisotopic (exact) mass is 254 g/mol. The van der Waals surface area contributed by atoms with Gasteiger partial charge in [-0.25, -0.2) is 4.79 Å². The normalized spacial score (nSPS) is 10.7. The van der Waals surface area contributed by atoms with Gasteiger partial charge in [0.1, 0.15) is 0 Å². The van der Waals surface area contributed by atoms with Crippen LogP contribution in [-0.4, -0.2) is 20.9 Å². The van der Waals surface area contributed by atoms with Gasteiger partial charge in [-0.2, -0.15) is 5.10 Å². The number of aromatic nitrogens is 2. The molecule has 2 aromatic rings. The summed E-state index contributed by atoms with van der Waals surface area (Å²) in [6, 6.07) is 5.34. The van der Waals surface area contributed by atoms with Gasteiger partial charge in [-0.3, -0.25) is 4.68 Å². The van der Waals surface area contributed by atoms with E-state index < -0.39 is 5.97 Å². The SMILES string of the molecule is Cn1nc2cc(Br)ccc2c1C(=O)O. The van der Waals surface area contributed by atoms with Crippen molar-refractivity contribution in [3.05, 3.63) is 28.4 Å². The van der Waals surface area contributed by atoms with E-state index in [2.05, 4.69) is 21.0 Å². The van der Waals surface area contributed by atoms with Crippen molar-refractivity contribution in [3.8, 4) is 0 Å². The quantitative estimate of drug-likeness (QED) is 0.848. The Labute approximate surface area is 88.3 Å². The highest BCUT2D eigenvalue weighted by Gasteiger charge is 2.14. The third-order valence-corrected chi connectivity index (χ3v) is 2.49. The van der Waals surface area contributed by atoms with E-state index in [1.807, 2.05) is 0 Å². The third kappa shape index (κ3) is 1.29. The number of benzene rings is 1. The molecule has 1 N–H and O–H groups in total. The zero-order valence-electron chi connectivity index (χ0n) is 7.36. The molecule has 0 spiro atoms. The fourth-order valence-electron chi connectivity index (χ4n) is 1.43. The van der Waals surface area contributed by atoms with Crippen LogP contribution in [0.4, 0.5) is 0 Å². The smallest absolute Gasteiger partial charge is 0.354 e. The highest BCUT2D eigenvalue weighted by Crippen LogP contribution is 2.21. The van der Waals surface area contributed by atoms with Crippen molar-refractivity contribution in [1.29, 1.82) is 0 Å². The Kier molecular flexibility index (Phi) is 2.03. The molecule has 0 radical (unpaired) electrons. The molecule has 0 saturated heterocycles. The van der Waals surface area contributed by atoms with Gasteiger partial charge in [0, 0.05) is 16.9 Å². The zero-order chi connectivity index (χ0) is 10.3. The summed E-state index contributed by atoms with van der Waals surface area (Å²) in [6.07, 6.45) is 0. The van der Waals surface area contributed by atoms with Crippen LogP contribution in [0.3, 0.4) is 0 Å². The van der Waals surface area contributed by atoms with Crippen LogP contribution in [0, 0.1) is 0 Å². The van der Waals surface area contributed by atoms with Crippen molar-refractivity contribution in [1.82, 2.24) is 9.78 Å². The zero-order valence-corrected chi connectivity index (χ0v) is 8.95. The molecule has 1 aromatic carbocycles. The van der Waals surface area contributed by atoms with Gasteiger partial charge in [0.05, 0.1) is 5.52 Å². The summed E-state index contributed by atoms with van der Waals surface area (Å²) in [5.74, 6) is -0.961. The van der Waals surface area contributed by atoms with Crippen LogP contribution >= 0.6 is 15.9 Å². The van der Waals surface area contributed by atoms with Crippen LogP contribution < -0.4 is 0 Å². The van der Waals surface area contributed by atoms with Crippen molar-refractivity contribution in [2.45, 2.75) is 0 Å². The van der Waals surface area contributed by atoms with Gasteiger partial charge in [-0.05, 0) is 18.2 Å². The van der Waals surface area contributed by atoms with Crippen molar-refractivity contribution in [2.24, 2.45) is 7.05 Å². The van der Waals surface area contributed by atoms with E-state index >= 15 is 0 Å². The molecule has 0 fully saturated rings. The molecule has 0 bridgehead atoms. The maximum Gasteiger partial charge on any atom is 0.354 e. The largest absolute Gasteiger partial charge is 0.477 e. The number of carbonyl (C=O) groups is 1. The van der Waals surface area contributed by atoms with E-state index in [1.165, 1.54) is 4.68 Å². The molecule has 0 unspecified atom stereocenters. The Morgan fingerprint density at radius 1 is 1.57 bits per heavy atom. The van der Waals surface area contributed by atoms with E-state index in [1.54, 1.807) is 25.2 Å². The fraction of sp³-hybridized carbons (Fsp3) is 0.111. The third-order valence-electron chi connectivity index (χ3n) is 2.00. The molecule has 0 aliphatic carbocycles. The van der Waals surface area contributed by atoms with E-state index in [0.717, 1.165) is 4.47 Å². The average Bonchev–Trinajstić information content (AvgIpc) is 2.39. The van der Waals surface area contributed by atoms with Crippen LogP contribution in [0.1, 0.15) is 10.5 Å². The minimum atomic E-state index is -0.961. The first-order valence-electron chi connectivity index (χ1n) is 3.95.